The minimum Gasteiger partial charge on any atom is -0.354 e. The van der Waals surface area contributed by atoms with E-state index in [4.69, 9.17) is 11.6 Å². The molecule has 3 aromatic rings. The highest BCUT2D eigenvalue weighted by molar-refractivity contribution is 6.28. The highest BCUT2D eigenvalue weighted by atomic mass is 35.5. The smallest absolute Gasteiger partial charge is 0.241 e. The summed E-state index contributed by atoms with van der Waals surface area (Å²) in [5.41, 5.74) is 1.03. The van der Waals surface area contributed by atoms with Crippen LogP contribution >= 0.6 is 11.6 Å². The van der Waals surface area contributed by atoms with E-state index in [1.807, 2.05) is 0 Å². The fourth-order valence-corrected chi connectivity index (χ4v) is 1.80. The molecule has 20 heavy (non-hydrogen) atoms. The van der Waals surface area contributed by atoms with E-state index in [1.54, 1.807) is 35.8 Å². The third kappa shape index (κ3) is 2.91. The number of halogens is 1. The topological polar surface area (TPSA) is 97.2 Å². The number of nitrogens with one attached hydrogen (secondary N) is 2. The van der Waals surface area contributed by atoms with E-state index in [0.717, 1.165) is 12.1 Å². The molecule has 0 aromatic carbocycles. The summed E-state index contributed by atoms with van der Waals surface area (Å²) in [6, 6.07) is 0. The molecule has 0 saturated carbocycles. The lowest BCUT2D eigenvalue weighted by Gasteiger charge is -2.06. The summed E-state index contributed by atoms with van der Waals surface area (Å²) in [5.74, 6) is 0.847. The third-order valence-corrected chi connectivity index (χ3v) is 2.73. The van der Waals surface area contributed by atoms with Crippen molar-refractivity contribution in [3.63, 3.8) is 0 Å². The average Bonchev–Trinajstić information content (AvgIpc) is 3.11. The minimum atomic E-state index is 0.132. The molecule has 0 aliphatic carbocycles. The molecule has 0 spiro atoms. The Morgan fingerprint density at radius 2 is 2.20 bits per heavy atom. The molecule has 0 radical (unpaired) electrons. The SMILES string of the molecule is Clc1nc(NCCc2cnc[nH]2)nc(-n2ccnc2)n1. The highest BCUT2D eigenvalue weighted by Crippen LogP contribution is 2.09. The summed E-state index contributed by atoms with van der Waals surface area (Å²) in [7, 11) is 0. The number of anilines is 1. The van der Waals surface area contributed by atoms with Gasteiger partial charge in [0.1, 0.15) is 6.33 Å². The molecule has 0 aliphatic heterocycles. The quantitative estimate of drug-likeness (QED) is 0.730. The number of aromatic nitrogens is 7. The Balaban J connectivity index is 1.70. The molecular weight excluding hydrogens is 280 g/mol. The van der Waals surface area contributed by atoms with E-state index in [1.165, 1.54) is 0 Å². The first-order valence-electron chi connectivity index (χ1n) is 5.92. The van der Waals surface area contributed by atoms with Gasteiger partial charge >= 0.3 is 0 Å². The first kappa shape index (κ1) is 12.5. The zero-order valence-electron chi connectivity index (χ0n) is 10.4. The van der Waals surface area contributed by atoms with Crippen molar-refractivity contribution in [1.29, 1.82) is 0 Å². The van der Waals surface area contributed by atoms with Gasteiger partial charge in [0.25, 0.3) is 0 Å². The maximum atomic E-state index is 5.89. The van der Waals surface area contributed by atoms with Gasteiger partial charge in [-0.2, -0.15) is 15.0 Å². The molecule has 0 unspecified atom stereocenters. The van der Waals surface area contributed by atoms with Crippen molar-refractivity contribution in [2.24, 2.45) is 0 Å². The summed E-state index contributed by atoms with van der Waals surface area (Å²) in [4.78, 5) is 23.3. The summed E-state index contributed by atoms with van der Waals surface area (Å²) >= 11 is 5.89. The molecule has 0 amide bonds. The molecule has 8 nitrogen and oxygen atoms in total. The molecule has 3 aromatic heterocycles. The lowest BCUT2D eigenvalue weighted by atomic mass is 10.3. The Kier molecular flexibility index (Phi) is 3.55. The molecule has 102 valence electrons. The number of imidazole rings is 2. The Bertz CT molecular complexity index is 664. The number of hydrogen-bond donors (Lipinski definition) is 2. The highest BCUT2D eigenvalue weighted by Gasteiger charge is 2.06. The van der Waals surface area contributed by atoms with E-state index >= 15 is 0 Å². The van der Waals surface area contributed by atoms with E-state index in [-0.39, 0.29) is 5.28 Å². The number of aromatic amines is 1. The second-order valence-electron chi connectivity index (χ2n) is 3.95. The van der Waals surface area contributed by atoms with Gasteiger partial charge in [-0.3, -0.25) is 4.57 Å². The monoisotopic (exact) mass is 290 g/mol. The van der Waals surface area contributed by atoms with Crippen molar-refractivity contribution in [3.05, 3.63) is 42.2 Å². The first-order chi connectivity index (χ1) is 9.81. The van der Waals surface area contributed by atoms with Gasteiger partial charge in [0, 0.05) is 37.3 Å². The molecule has 3 heterocycles. The predicted octanol–water partition coefficient (Wildman–Crippen LogP) is 1.09. The van der Waals surface area contributed by atoms with E-state index in [0.29, 0.717) is 18.4 Å². The van der Waals surface area contributed by atoms with Gasteiger partial charge < -0.3 is 10.3 Å². The third-order valence-electron chi connectivity index (χ3n) is 2.56. The maximum Gasteiger partial charge on any atom is 0.241 e. The van der Waals surface area contributed by atoms with Crippen LogP contribution in [0.5, 0.6) is 0 Å². The molecular formula is C11H11ClN8. The average molecular weight is 291 g/mol. The molecule has 0 fully saturated rings. The van der Waals surface area contributed by atoms with E-state index in [2.05, 4.69) is 35.2 Å². The summed E-state index contributed by atoms with van der Waals surface area (Å²) < 4.78 is 1.66. The second kappa shape index (κ2) is 5.66. The minimum absolute atomic E-state index is 0.132. The van der Waals surface area contributed by atoms with Crippen LogP contribution in [0.1, 0.15) is 5.69 Å². The number of hydrogen-bond acceptors (Lipinski definition) is 6. The van der Waals surface area contributed by atoms with Crippen LogP contribution in [0.3, 0.4) is 0 Å². The summed E-state index contributed by atoms with van der Waals surface area (Å²) in [5, 5.41) is 3.23. The van der Waals surface area contributed by atoms with Gasteiger partial charge in [0.05, 0.1) is 6.33 Å². The predicted molar refractivity (Wildman–Crippen MR) is 72.7 cm³/mol. The van der Waals surface area contributed by atoms with Crippen molar-refractivity contribution in [2.45, 2.75) is 6.42 Å². The van der Waals surface area contributed by atoms with Crippen LogP contribution in [0.25, 0.3) is 5.95 Å². The molecule has 9 heteroatoms. The Morgan fingerprint density at radius 3 is 2.95 bits per heavy atom. The largest absolute Gasteiger partial charge is 0.354 e. The molecule has 0 atom stereocenters. The van der Waals surface area contributed by atoms with Gasteiger partial charge in [-0.25, -0.2) is 9.97 Å². The molecule has 2 N–H and O–H groups in total. The zero-order valence-corrected chi connectivity index (χ0v) is 11.1. The van der Waals surface area contributed by atoms with E-state index < -0.39 is 0 Å². The van der Waals surface area contributed by atoms with Crippen LogP contribution in [0.4, 0.5) is 5.95 Å². The molecule has 0 saturated heterocycles. The van der Waals surface area contributed by atoms with Crippen molar-refractivity contribution in [2.75, 3.05) is 11.9 Å². The van der Waals surface area contributed by atoms with Crippen LogP contribution in [0.15, 0.2) is 31.2 Å². The van der Waals surface area contributed by atoms with Gasteiger partial charge in [-0.05, 0) is 11.6 Å². The van der Waals surface area contributed by atoms with Crippen molar-refractivity contribution < 1.29 is 0 Å². The standard InChI is InChI=1S/C11H11ClN8/c12-9-17-10(15-2-1-8-5-14-6-16-8)19-11(18-9)20-4-3-13-7-20/h3-7H,1-2H2,(H,14,16)(H,15,17,18,19). The zero-order chi connectivity index (χ0) is 13.8. The van der Waals surface area contributed by atoms with Crippen LogP contribution in [-0.2, 0) is 6.42 Å². The Morgan fingerprint density at radius 1 is 1.25 bits per heavy atom. The normalized spacial score (nSPS) is 10.7. The van der Waals surface area contributed by atoms with Crippen molar-refractivity contribution in [1.82, 2.24) is 34.5 Å². The fourth-order valence-electron chi connectivity index (χ4n) is 1.64. The van der Waals surface area contributed by atoms with Crippen LogP contribution in [0, 0.1) is 0 Å². The molecule has 0 aliphatic rings. The van der Waals surface area contributed by atoms with Gasteiger partial charge in [0.2, 0.25) is 17.2 Å². The van der Waals surface area contributed by atoms with Crippen LogP contribution < -0.4 is 5.32 Å². The van der Waals surface area contributed by atoms with Crippen molar-refractivity contribution >= 4 is 17.5 Å². The first-order valence-corrected chi connectivity index (χ1v) is 6.30. The molecule has 3 rings (SSSR count). The Labute approximate surface area is 119 Å². The van der Waals surface area contributed by atoms with Gasteiger partial charge in [0.15, 0.2) is 0 Å². The number of H-pyrrole nitrogens is 1. The Hall–Kier alpha value is -2.48. The second-order valence-corrected chi connectivity index (χ2v) is 4.29. The van der Waals surface area contributed by atoms with Crippen LogP contribution in [0.2, 0.25) is 5.28 Å². The van der Waals surface area contributed by atoms with Crippen LogP contribution in [-0.4, -0.2) is 41.0 Å². The van der Waals surface area contributed by atoms with E-state index in [9.17, 15) is 0 Å². The summed E-state index contributed by atoms with van der Waals surface area (Å²) in [6.45, 7) is 0.659. The summed E-state index contributed by atoms with van der Waals surface area (Å²) in [6.07, 6.45) is 9.18. The molecule has 0 bridgehead atoms. The number of rotatable bonds is 5. The lowest BCUT2D eigenvalue weighted by molar-refractivity contribution is 0.880. The van der Waals surface area contributed by atoms with Crippen molar-refractivity contribution in [3.8, 4) is 5.95 Å². The van der Waals surface area contributed by atoms with Gasteiger partial charge in [-0.1, -0.05) is 0 Å². The lowest BCUT2D eigenvalue weighted by Crippen LogP contribution is -2.11. The maximum absolute atomic E-state index is 5.89. The van der Waals surface area contributed by atoms with Gasteiger partial charge in [-0.15, -0.1) is 0 Å². The number of nitrogens with zero attached hydrogens (tertiary/aromatic N) is 6. The fraction of sp³-hybridized carbons (Fsp3) is 0.182.